The Balaban J connectivity index is 2.15. The van der Waals surface area contributed by atoms with E-state index in [1.807, 2.05) is 12.3 Å². The number of isocyanates is 1. The van der Waals surface area contributed by atoms with Crippen molar-refractivity contribution in [3.63, 3.8) is 0 Å². The summed E-state index contributed by atoms with van der Waals surface area (Å²) in [6.45, 7) is 0. The largest absolute Gasteiger partial charge is 0.264 e. The Morgan fingerprint density at radius 1 is 1.17 bits per heavy atom. The minimum absolute atomic E-state index is 0.334. The first-order chi connectivity index (χ1) is 8.84. The number of hydrogen-bond acceptors (Lipinski definition) is 3. The summed E-state index contributed by atoms with van der Waals surface area (Å²) in [7, 11) is 0. The Hall–Kier alpha value is -1.99. The molecule has 1 fully saturated rings. The van der Waals surface area contributed by atoms with Crippen LogP contribution in [0.3, 0.4) is 0 Å². The molecule has 1 saturated carbocycles. The van der Waals surface area contributed by atoms with E-state index in [2.05, 4.69) is 28.2 Å². The van der Waals surface area contributed by atoms with Gasteiger partial charge in [0.15, 0.2) is 0 Å². The second kappa shape index (κ2) is 4.35. The van der Waals surface area contributed by atoms with Crippen LogP contribution in [0.1, 0.15) is 31.2 Å². The average Bonchev–Trinajstić information content (AvgIpc) is 2.88. The van der Waals surface area contributed by atoms with Crippen molar-refractivity contribution < 1.29 is 4.79 Å². The minimum Gasteiger partial charge on any atom is -0.264 e. The Bertz CT molecular complexity index is 623. The fraction of sp³-hybridized carbons (Fsp3) is 0.333. The lowest BCUT2D eigenvalue weighted by atomic mass is 9.88. The molecule has 0 N–H and O–H groups in total. The van der Waals surface area contributed by atoms with Crippen LogP contribution in [0.5, 0.6) is 0 Å². The van der Waals surface area contributed by atoms with E-state index in [9.17, 15) is 4.79 Å². The molecule has 3 rings (SSSR count). The third-order valence-corrected chi connectivity index (χ3v) is 3.87. The summed E-state index contributed by atoms with van der Waals surface area (Å²) in [5.41, 5.74) is 0.793. The summed E-state index contributed by atoms with van der Waals surface area (Å²) >= 11 is 0. The van der Waals surface area contributed by atoms with Crippen LogP contribution in [0, 0.1) is 0 Å². The topological polar surface area (TPSA) is 42.3 Å². The van der Waals surface area contributed by atoms with Crippen LogP contribution in [0.2, 0.25) is 0 Å². The molecule has 1 aromatic carbocycles. The fourth-order valence-corrected chi connectivity index (χ4v) is 2.89. The van der Waals surface area contributed by atoms with Gasteiger partial charge in [-0.2, -0.15) is 4.99 Å². The summed E-state index contributed by atoms with van der Waals surface area (Å²) < 4.78 is 0. The zero-order valence-corrected chi connectivity index (χ0v) is 10.1. The van der Waals surface area contributed by atoms with Gasteiger partial charge in [0.1, 0.15) is 0 Å². The number of aromatic nitrogens is 1. The first-order valence-corrected chi connectivity index (χ1v) is 6.27. The maximum atomic E-state index is 10.7. The smallest absolute Gasteiger partial charge is 0.235 e. The van der Waals surface area contributed by atoms with Gasteiger partial charge in [-0.25, -0.2) is 4.79 Å². The van der Waals surface area contributed by atoms with E-state index in [4.69, 9.17) is 0 Å². The Labute approximate surface area is 106 Å². The summed E-state index contributed by atoms with van der Waals surface area (Å²) in [6, 6.07) is 8.24. The van der Waals surface area contributed by atoms with Crippen LogP contribution in [-0.2, 0) is 10.3 Å². The molecule has 90 valence electrons. The molecule has 0 spiro atoms. The number of nitrogens with zero attached hydrogens (tertiary/aromatic N) is 2. The molecule has 0 atom stereocenters. The van der Waals surface area contributed by atoms with Gasteiger partial charge in [0.05, 0.1) is 5.54 Å². The molecule has 1 aliphatic rings. The molecule has 3 heteroatoms. The molecule has 3 nitrogen and oxygen atoms in total. The maximum absolute atomic E-state index is 10.7. The third kappa shape index (κ3) is 1.73. The molecule has 0 unspecified atom stereocenters. The van der Waals surface area contributed by atoms with Crippen LogP contribution in [0.4, 0.5) is 0 Å². The molecule has 0 saturated heterocycles. The van der Waals surface area contributed by atoms with Crippen molar-refractivity contribution in [2.24, 2.45) is 4.99 Å². The van der Waals surface area contributed by atoms with E-state index in [1.165, 1.54) is 0 Å². The Morgan fingerprint density at radius 2 is 2.00 bits per heavy atom. The summed E-state index contributed by atoms with van der Waals surface area (Å²) in [5, 5.41) is 2.26. The van der Waals surface area contributed by atoms with E-state index in [-0.39, 0.29) is 5.54 Å². The second-order valence-electron chi connectivity index (χ2n) is 4.88. The molecule has 0 aliphatic heterocycles. The van der Waals surface area contributed by atoms with Gasteiger partial charge in [0.25, 0.3) is 0 Å². The van der Waals surface area contributed by atoms with Crippen LogP contribution < -0.4 is 0 Å². The van der Waals surface area contributed by atoms with Crippen molar-refractivity contribution in [3.8, 4) is 0 Å². The first-order valence-electron chi connectivity index (χ1n) is 6.27. The highest BCUT2D eigenvalue weighted by atomic mass is 16.1. The molecule has 1 aliphatic carbocycles. The predicted octanol–water partition coefficient (Wildman–Crippen LogP) is 3.34. The van der Waals surface area contributed by atoms with Crippen molar-refractivity contribution in [2.75, 3.05) is 0 Å². The van der Waals surface area contributed by atoms with Crippen LogP contribution >= 0.6 is 0 Å². The quantitative estimate of drug-likeness (QED) is 0.594. The molecule has 1 aromatic heterocycles. The van der Waals surface area contributed by atoms with Crippen molar-refractivity contribution in [3.05, 3.63) is 42.2 Å². The second-order valence-corrected chi connectivity index (χ2v) is 4.88. The molecule has 18 heavy (non-hydrogen) atoms. The van der Waals surface area contributed by atoms with Crippen LogP contribution in [0.15, 0.2) is 41.7 Å². The monoisotopic (exact) mass is 238 g/mol. The normalized spacial score (nSPS) is 17.6. The SMILES string of the molecule is O=C=NC1(c2ccc3cnccc3c2)CCCC1. The highest BCUT2D eigenvalue weighted by Gasteiger charge is 2.35. The minimum atomic E-state index is -0.334. The van der Waals surface area contributed by atoms with E-state index >= 15 is 0 Å². The summed E-state index contributed by atoms with van der Waals surface area (Å²) in [4.78, 5) is 18.9. The van der Waals surface area contributed by atoms with Crippen molar-refractivity contribution >= 4 is 16.9 Å². The van der Waals surface area contributed by atoms with Gasteiger partial charge < -0.3 is 0 Å². The number of pyridine rings is 1. The van der Waals surface area contributed by atoms with E-state index in [0.717, 1.165) is 42.0 Å². The molecule has 0 radical (unpaired) electrons. The number of fused-ring (bicyclic) bond motifs is 1. The van der Waals surface area contributed by atoms with E-state index < -0.39 is 0 Å². The third-order valence-electron chi connectivity index (χ3n) is 3.87. The predicted molar refractivity (Wildman–Crippen MR) is 70.0 cm³/mol. The van der Waals surface area contributed by atoms with Crippen molar-refractivity contribution in [2.45, 2.75) is 31.2 Å². The molecular weight excluding hydrogens is 224 g/mol. The van der Waals surface area contributed by atoms with Gasteiger partial charge in [-0.1, -0.05) is 25.0 Å². The van der Waals surface area contributed by atoms with Gasteiger partial charge in [-0.05, 0) is 35.9 Å². The zero-order valence-electron chi connectivity index (χ0n) is 10.1. The van der Waals surface area contributed by atoms with E-state index in [1.54, 1.807) is 12.3 Å². The maximum Gasteiger partial charge on any atom is 0.235 e. The average molecular weight is 238 g/mol. The van der Waals surface area contributed by atoms with E-state index in [0.29, 0.717) is 0 Å². The zero-order chi connectivity index (χ0) is 12.4. The number of rotatable bonds is 2. The highest BCUT2D eigenvalue weighted by molar-refractivity contribution is 5.82. The number of benzene rings is 1. The lowest BCUT2D eigenvalue weighted by Crippen LogP contribution is -2.18. The standard InChI is InChI=1S/C15H14N2O/c18-11-17-15(6-1-2-7-15)14-4-3-13-10-16-8-5-12(13)9-14/h3-5,8-10H,1-2,6-7H2. The molecule has 0 bridgehead atoms. The lowest BCUT2D eigenvalue weighted by molar-refractivity contribution is 0.456. The number of carbonyl (C=O) groups excluding carboxylic acids is 1. The number of aliphatic imine (C=N–C) groups is 1. The van der Waals surface area contributed by atoms with Gasteiger partial charge in [0, 0.05) is 17.8 Å². The van der Waals surface area contributed by atoms with Gasteiger partial charge >= 0.3 is 0 Å². The Morgan fingerprint density at radius 3 is 2.78 bits per heavy atom. The lowest BCUT2D eigenvalue weighted by Gasteiger charge is -2.23. The van der Waals surface area contributed by atoms with Gasteiger partial charge in [-0.15, -0.1) is 0 Å². The van der Waals surface area contributed by atoms with Crippen LogP contribution in [-0.4, -0.2) is 11.1 Å². The molecular formula is C15H14N2O. The van der Waals surface area contributed by atoms with Gasteiger partial charge in [0.2, 0.25) is 6.08 Å². The first kappa shape index (κ1) is 11.1. The Kier molecular flexibility index (Phi) is 2.69. The number of hydrogen-bond donors (Lipinski definition) is 0. The fourth-order valence-electron chi connectivity index (χ4n) is 2.89. The molecule has 1 heterocycles. The molecule has 2 aromatic rings. The van der Waals surface area contributed by atoms with Crippen LogP contribution in [0.25, 0.3) is 10.8 Å². The summed E-state index contributed by atoms with van der Waals surface area (Å²) in [5.74, 6) is 0. The van der Waals surface area contributed by atoms with Crippen molar-refractivity contribution in [1.82, 2.24) is 4.98 Å². The van der Waals surface area contributed by atoms with Crippen molar-refractivity contribution in [1.29, 1.82) is 0 Å². The highest BCUT2D eigenvalue weighted by Crippen LogP contribution is 2.42. The molecule has 0 amide bonds. The van der Waals surface area contributed by atoms with Gasteiger partial charge in [-0.3, -0.25) is 4.98 Å². The summed E-state index contributed by atoms with van der Waals surface area (Å²) in [6.07, 6.45) is 9.53.